The second-order valence-electron chi connectivity index (χ2n) is 6.99. The molecule has 0 saturated carbocycles. The van der Waals surface area contributed by atoms with Gasteiger partial charge < -0.3 is 14.0 Å². The van der Waals surface area contributed by atoms with Gasteiger partial charge in [-0.25, -0.2) is 0 Å². The molecule has 3 aromatic carbocycles. The van der Waals surface area contributed by atoms with Crippen LogP contribution in [0, 0.1) is 6.92 Å². The van der Waals surface area contributed by atoms with Gasteiger partial charge in [-0.2, -0.15) is 0 Å². The van der Waals surface area contributed by atoms with Crippen molar-refractivity contribution in [2.24, 2.45) is 0 Å². The molecule has 0 fully saturated rings. The van der Waals surface area contributed by atoms with Crippen LogP contribution in [-0.4, -0.2) is 11.2 Å². The van der Waals surface area contributed by atoms with Crippen molar-refractivity contribution in [2.45, 2.75) is 26.5 Å². The second kappa shape index (κ2) is 8.66. The fraction of sp³-hybridized carbons (Fsp3) is 0.200. The molecule has 0 aliphatic rings. The van der Waals surface area contributed by atoms with Crippen LogP contribution in [0.4, 0.5) is 0 Å². The van der Waals surface area contributed by atoms with Gasteiger partial charge in [0, 0.05) is 18.1 Å². The van der Waals surface area contributed by atoms with Crippen LogP contribution in [0.15, 0.2) is 85.1 Å². The lowest BCUT2D eigenvalue weighted by molar-refractivity contribution is 0.302. The Morgan fingerprint density at radius 1 is 0.821 bits per heavy atom. The number of hydrogen-bond acceptors (Lipinski definition) is 2. The van der Waals surface area contributed by atoms with Crippen LogP contribution in [0.1, 0.15) is 17.5 Å². The minimum atomic E-state index is 0.579. The maximum Gasteiger partial charge on any atom is 0.129 e. The highest BCUT2D eigenvalue weighted by molar-refractivity contribution is 5.86. The van der Waals surface area contributed by atoms with Gasteiger partial charge in [-0.1, -0.05) is 48.5 Å². The minimum absolute atomic E-state index is 0.579. The van der Waals surface area contributed by atoms with Crippen molar-refractivity contribution < 1.29 is 9.47 Å². The van der Waals surface area contributed by atoms with Gasteiger partial charge in [-0.05, 0) is 54.8 Å². The Morgan fingerprint density at radius 3 is 2.54 bits per heavy atom. The molecule has 0 saturated heterocycles. The van der Waals surface area contributed by atoms with Gasteiger partial charge in [0.05, 0.1) is 12.1 Å². The Bertz CT molecular complexity index is 1040. The summed E-state index contributed by atoms with van der Waals surface area (Å²) in [6.07, 6.45) is 3.08. The molecular formula is C25H25NO2. The molecule has 0 atom stereocenters. The van der Waals surface area contributed by atoms with Crippen molar-refractivity contribution >= 4 is 10.9 Å². The monoisotopic (exact) mass is 371 g/mol. The first-order valence-electron chi connectivity index (χ1n) is 9.74. The predicted molar refractivity (Wildman–Crippen MR) is 114 cm³/mol. The maximum atomic E-state index is 6.08. The van der Waals surface area contributed by atoms with Gasteiger partial charge >= 0.3 is 0 Å². The van der Waals surface area contributed by atoms with E-state index >= 15 is 0 Å². The van der Waals surface area contributed by atoms with Crippen molar-refractivity contribution in [3.8, 4) is 11.5 Å². The fourth-order valence-electron chi connectivity index (χ4n) is 3.38. The van der Waals surface area contributed by atoms with E-state index < -0.39 is 0 Å². The Hall–Kier alpha value is -3.20. The summed E-state index contributed by atoms with van der Waals surface area (Å²) < 4.78 is 14.2. The summed E-state index contributed by atoms with van der Waals surface area (Å²) in [5, 5.41) is 1.15. The summed E-state index contributed by atoms with van der Waals surface area (Å²) in [6, 6.07) is 26.8. The summed E-state index contributed by atoms with van der Waals surface area (Å²) in [5.74, 6) is 1.87. The van der Waals surface area contributed by atoms with E-state index in [4.69, 9.17) is 9.47 Å². The quantitative estimate of drug-likeness (QED) is 0.355. The normalized spacial score (nSPS) is 10.9. The summed E-state index contributed by atoms with van der Waals surface area (Å²) in [4.78, 5) is 0. The molecular weight excluding hydrogens is 346 g/mol. The van der Waals surface area contributed by atoms with Crippen molar-refractivity contribution in [3.63, 3.8) is 0 Å². The lowest BCUT2D eigenvalue weighted by Crippen LogP contribution is -2.04. The first-order chi connectivity index (χ1) is 13.8. The summed E-state index contributed by atoms with van der Waals surface area (Å²) >= 11 is 0. The number of nitrogens with zero attached hydrogens (tertiary/aromatic N) is 1. The van der Waals surface area contributed by atoms with Crippen LogP contribution in [0.3, 0.4) is 0 Å². The lowest BCUT2D eigenvalue weighted by atomic mass is 10.2. The van der Waals surface area contributed by atoms with Gasteiger partial charge in [0.25, 0.3) is 0 Å². The Balaban J connectivity index is 1.37. The smallest absolute Gasteiger partial charge is 0.129 e. The molecule has 4 aromatic rings. The molecule has 0 spiro atoms. The van der Waals surface area contributed by atoms with E-state index in [1.807, 2.05) is 36.4 Å². The zero-order chi connectivity index (χ0) is 19.2. The number of rotatable bonds is 8. The molecule has 3 nitrogen and oxygen atoms in total. The first-order valence-corrected chi connectivity index (χ1v) is 9.74. The number of benzene rings is 3. The molecule has 0 aliphatic heterocycles. The zero-order valence-corrected chi connectivity index (χ0v) is 16.2. The fourth-order valence-corrected chi connectivity index (χ4v) is 3.38. The van der Waals surface area contributed by atoms with Gasteiger partial charge in [0.1, 0.15) is 18.1 Å². The van der Waals surface area contributed by atoms with E-state index in [1.165, 1.54) is 16.6 Å². The number of hydrogen-bond donors (Lipinski definition) is 0. The number of ether oxygens (including phenoxy) is 2. The highest BCUT2D eigenvalue weighted by atomic mass is 16.5. The Labute approximate surface area is 166 Å². The van der Waals surface area contributed by atoms with E-state index in [0.29, 0.717) is 13.2 Å². The summed E-state index contributed by atoms with van der Waals surface area (Å²) in [6.45, 7) is 4.27. The van der Waals surface area contributed by atoms with Crippen LogP contribution in [-0.2, 0) is 13.2 Å². The minimum Gasteiger partial charge on any atom is -0.494 e. The van der Waals surface area contributed by atoms with Gasteiger partial charge in [-0.15, -0.1) is 0 Å². The molecule has 0 bridgehead atoms. The van der Waals surface area contributed by atoms with Crippen molar-refractivity contribution in [2.75, 3.05) is 6.61 Å². The van der Waals surface area contributed by atoms with E-state index in [2.05, 4.69) is 60.2 Å². The molecule has 0 aliphatic carbocycles. The third kappa shape index (κ3) is 4.37. The predicted octanol–water partition coefficient (Wildman–Crippen LogP) is 6.00. The molecule has 0 unspecified atom stereocenters. The van der Waals surface area contributed by atoms with Crippen molar-refractivity contribution in [3.05, 3.63) is 96.2 Å². The van der Waals surface area contributed by atoms with Crippen LogP contribution < -0.4 is 9.47 Å². The number of aryl methyl sites for hydroxylation is 2. The largest absolute Gasteiger partial charge is 0.494 e. The van der Waals surface area contributed by atoms with Gasteiger partial charge in [-0.3, -0.25) is 0 Å². The number of aromatic nitrogens is 1. The zero-order valence-electron chi connectivity index (χ0n) is 16.2. The standard InChI is InChI=1S/C25H25NO2/c1-20-8-5-11-22(18-20)27-17-7-15-26-16-14-23-24(26)12-6-13-25(23)28-19-21-9-3-2-4-10-21/h2-6,8-14,16,18H,7,15,17,19H2,1H3. The lowest BCUT2D eigenvalue weighted by Gasteiger charge is -2.10. The molecule has 1 aromatic heterocycles. The first kappa shape index (κ1) is 18.2. The van der Waals surface area contributed by atoms with Gasteiger partial charge in [0.15, 0.2) is 0 Å². The molecule has 0 amide bonds. The third-order valence-electron chi connectivity index (χ3n) is 4.81. The van der Waals surface area contributed by atoms with E-state index in [1.54, 1.807) is 0 Å². The topological polar surface area (TPSA) is 23.4 Å². The van der Waals surface area contributed by atoms with Crippen LogP contribution in [0.5, 0.6) is 11.5 Å². The Kier molecular flexibility index (Phi) is 5.62. The van der Waals surface area contributed by atoms with Crippen molar-refractivity contribution in [1.82, 2.24) is 4.57 Å². The molecule has 4 rings (SSSR count). The third-order valence-corrected chi connectivity index (χ3v) is 4.81. The summed E-state index contributed by atoms with van der Waals surface area (Å²) in [5.41, 5.74) is 3.59. The molecule has 1 heterocycles. The average molecular weight is 371 g/mol. The molecule has 142 valence electrons. The van der Waals surface area contributed by atoms with Crippen LogP contribution in [0.2, 0.25) is 0 Å². The molecule has 28 heavy (non-hydrogen) atoms. The maximum absolute atomic E-state index is 6.08. The second-order valence-corrected chi connectivity index (χ2v) is 6.99. The van der Waals surface area contributed by atoms with Crippen LogP contribution in [0.25, 0.3) is 10.9 Å². The van der Waals surface area contributed by atoms with E-state index in [9.17, 15) is 0 Å². The van der Waals surface area contributed by atoms with E-state index in [-0.39, 0.29) is 0 Å². The van der Waals surface area contributed by atoms with Crippen molar-refractivity contribution in [1.29, 1.82) is 0 Å². The highest BCUT2D eigenvalue weighted by Gasteiger charge is 2.07. The Morgan fingerprint density at radius 2 is 1.68 bits per heavy atom. The van der Waals surface area contributed by atoms with E-state index in [0.717, 1.165) is 29.9 Å². The number of fused-ring (bicyclic) bond motifs is 1. The molecule has 3 heteroatoms. The molecule has 0 radical (unpaired) electrons. The van der Waals surface area contributed by atoms with Crippen LogP contribution >= 0.6 is 0 Å². The highest BCUT2D eigenvalue weighted by Crippen LogP contribution is 2.27. The summed E-state index contributed by atoms with van der Waals surface area (Å²) in [7, 11) is 0. The van der Waals surface area contributed by atoms with Gasteiger partial charge in [0.2, 0.25) is 0 Å². The molecule has 0 N–H and O–H groups in total. The SMILES string of the molecule is Cc1cccc(OCCCn2ccc3c(OCc4ccccc4)cccc32)c1. The average Bonchev–Trinajstić information content (AvgIpc) is 3.14.